The minimum Gasteiger partial charge on any atom is -0.314 e. The molecule has 1 aromatic rings. The van der Waals surface area contributed by atoms with Crippen LogP contribution in [0.2, 0.25) is 10.0 Å². The molecule has 2 aliphatic rings. The van der Waals surface area contributed by atoms with E-state index in [0.29, 0.717) is 5.92 Å². The summed E-state index contributed by atoms with van der Waals surface area (Å²) < 4.78 is 0. The van der Waals surface area contributed by atoms with Crippen molar-refractivity contribution in [2.75, 3.05) is 6.54 Å². The zero-order chi connectivity index (χ0) is 12.0. The van der Waals surface area contributed by atoms with Crippen molar-refractivity contribution in [2.45, 2.75) is 37.6 Å². The van der Waals surface area contributed by atoms with Gasteiger partial charge in [-0.05, 0) is 60.9 Å². The molecule has 0 radical (unpaired) electrons. The van der Waals surface area contributed by atoms with E-state index in [2.05, 4.69) is 12.2 Å². The van der Waals surface area contributed by atoms with E-state index in [1.807, 2.05) is 18.2 Å². The third-order valence-corrected chi connectivity index (χ3v) is 4.75. The van der Waals surface area contributed by atoms with Gasteiger partial charge >= 0.3 is 0 Å². The summed E-state index contributed by atoms with van der Waals surface area (Å²) in [6.07, 6.45) is 3.91. The number of nitrogens with one attached hydrogen (secondary N) is 1. The van der Waals surface area contributed by atoms with Gasteiger partial charge in [0.2, 0.25) is 0 Å². The maximum Gasteiger partial charge on any atom is 0.0444 e. The van der Waals surface area contributed by atoms with Crippen molar-refractivity contribution in [1.29, 1.82) is 0 Å². The van der Waals surface area contributed by atoms with Gasteiger partial charge in [0, 0.05) is 16.1 Å². The fourth-order valence-corrected chi connectivity index (χ4v) is 3.12. The molecule has 1 N–H and O–H groups in total. The van der Waals surface area contributed by atoms with Gasteiger partial charge in [0.25, 0.3) is 0 Å². The van der Waals surface area contributed by atoms with Crippen molar-refractivity contribution in [2.24, 2.45) is 5.92 Å². The van der Waals surface area contributed by atoms with E-state index in [1.165, 1.54) is 24.8 Å². The average molecular weight is 270 g/mol. The van der Waals surface area contributed by atoms with E-state index in [0.717, 1.165) is 22.6 Å². The average Bonchev–Trinajstić information content (AvgIpc) is 3.17. The highest BCUT2D eigenvalue weighted by Crippen LogP contribution is 2.55. The minimum atomic E-state index is 0.226. The maximum absolute atomic E-state index is 6.28. The Morgan fingerprint density at radius 3 is 2.82 bits per heavy atom. The van der Waals surface area contributed by atoms with Gasteiger partial charge in [0.1, 0.15) is 0 Å². The quantitative estimate of drug-likeness (QED) is 0.871. The van der Waals surface area contributed by atoms with E-state index < -0.39 is 0 Å². The van der Waals surface area contributed by atoms with Crippen LogP contribution in [0.15, 0.2) is 18.2 Å². The Morgan fingerprint density at radius 1 is 1.35 bits per heavy atom. The summed E-state index contributed by atoms with van der Waals surface area (Å²) in [5, 5.41) is 5.24. The Morgan fingerprint density at radius 2 is 2.12 bits per heavy atom. The molecule has 2 atom stereocenters. The molecule has 2 unspecified atom stereocenters. The van der Waals surface area contributed by atoms with Crippen molar-refractivity contribution in [1.82, 2.24) is 5.32 Å². The van der Waals surface area contributed by atoms with Crippen LogP contribution in [0.3, 0.4) is 0 Å². The van der Waals surface area contributed by atoms with Gasteiger partial charge in [-0.15, -0.1) is 0 Å². The molecular weight excluding hydrogens is 253 g/mol. The molecule has 0 bridgehead atoms. The second-order valence-corrected chi connectivity index (χ2v) is 6.47. The Kier molecular flexibility index (Phi) is 2.89. The Labute approximate surface area is 112 Å². The highest BCUT2D eigenvalue weighted by molar-refractivity contribution is 6.33. The Balaban J connectivity index is 1.72. The van der Waals surface area contributed by atoms with Gasteiger partial charge in [0.15, 0.2) is 0 Å². The second-order valence-electron chi connectivity index (χ2n) is 5.63. The highest BCUT2D eigenvalue weighted by atomic mass is 35.5. The van der Waals surface area contributed by atoms with E-state index in [9.17, 15) is 0 Å². The summed E-state index contributed by atoms with van der Waals surface area (Å²) in [6, 6.07) is 6.58. The Bertz CT molecular complexity index is 442. The van der Waals surface area contributed by atoms with Crippen LogP contribution in [0.25, 0.3) is 0 Å². The Hall–Kier alpha value is -0.240. The van der Waals surface area contributed by atoms with E-state index in [1.54, 1.807) is 0 Å². The van der Waals surface area contributed by atoms with Crippen LogP contribution in [0.5, 0.6) is 0 Å². The molecule has 0 amide bonds. The normalized spacial score (nSPS) is 31.6. The topological polar surface area (TPSA) is 12.0 Å². The van der Waals surface area contributed by atoms with Gasteiger partial charge in [-0.25, -0.2) is 0 Å². The monoisotopic (exact) mass is 269 g/mol. The molecule has 92 valence electrons. The molecule has 0 aromatic heterocycles. The predicted molar refractivity (Wildman–Crippen MR) is 72.9 cm³/mol. The molecule has 2 aliphatic carbocycles. The number of hydrogen-bond donors (Lipinski definition) is 1. The largest absolute Gasteiger partial charge is 0.314 e. The summed E-state index contributed by atoms with van der Waals surface area (Å²) in [5.41, 5.74) is 1.44. The first-order valence-corrected chi connectivity index (χ1v) is 7.04. The van der Waals surface area contributed by atoms with E-state index >= 15 is 0 Å². The lowest BCUT2D eigenvalue weighted by Gasteiger charge is -2.14. The number of benzene rings is 1. The number of rotatable bonds is 4. The summed E-state index contributed by atoms with van der Waals surface area (Å²) in [7, 11) is 0. The predicted octanol–water partition coefficient (Wildman–Crippen LogP) is 4.02. The molecule has 0 saturated heterocycles. The minimum absolute atomic E-state index is 0.226. The zero-order valence-corrected chi connectivity index (χ0v) is 11.5. The zero-order valence-electron chi connectivity index (χ0n) is 9.97. The van der Waals surface area contributed by atoms with Crippen molar-refractivity contribution in [3.63, 3.8) is 0 Å². The second kappa shape index (κ2) is 4.15. The molecule has 2 saturated carbocycles. The van der Waals surface area contributed by atoms with Crippen LogP contribution in [-0.4, -0.2) is 12.6 Å². The van der Waals surface area contributed by atoms with Crippen LogP contribution in [0.1, 0.15) is 31.7 Å². The third-order valence-electron chi connectivity index (χ3n) is 4.19. The van der Waals surface area contributed by atoms with Crippen LogP contribution >= 0.6 is 23.2 Å². The van der Waals surface area contributed by atoms with Gasteiger partial charge in [-0.3, -0.25) is 0 Å². The van der Waals surface area contributed by atoms with Crippen molar-refractivity contribution < 1.29 is 0 Å². The lowest BCUT2D eigenvalue weighted by molar-refractivity contribution is 0.576. The van der Waals surface area contributed by atoms with Crippen molar-refractivity contribution >= 4 is 23.2 Å². The summed E-state index contributed by atoms with van der Waals surface area (Å²) in [5.74, 6) is 0.707. The molecule has 0 aliphatic heterocycles. The maximum atomic E-state index is 6.28. The first-order chi connectivity index (χ1) is 8.09. The molecule has 0 heterocycles. The van der Waals surface area contributed by atoms with Crippen molar-refractivity contribution in [3.05, 3.63) is 33.8 Å². The van der Waals surface area contributed by atoms with E-state index in [4.69, 9.17) is 23.2 Å². The fourth-order valence-electron chi connectivity index (χ4n) is 2.61. The number of halogens is 2. The van der Waals surface area contributed by atoms with Crippen LogP contribution in [0.4, 0.5) is 0 Å². The first kappa shape index (κ1) is 11.8. The molecular formula is C14H17Cl2N. The van der Waals surface area contributed by atoms with Crippen LogP contribution in [0, 0.1) is 5.92 Å². The third kappa shape index (κ3) is 2.33. The smallest absolute Gasteiger partial charge is 0.0444 e. The molecule has 3 rings (SSSR count). The molecule has 17 heavy (non-hydrogen) atoms. The standard InChI is InChI=1S/C14H17Cl2N/c1-14(7-9(14)8-17-11-3-4-11)12-6-10(15)2-5-13(12)16/h2,5-6,9,11,17H,3-4,7-8H2,1H3. The summed E-state index contributed by atoms with van der Waals surface area (Å²) in [4.78, 5) is 0. The van der Waals surface area contributed by atoms with E-state index in [-0.39, 0.29) is 5.41 Å². The van der Waals surface area contributed by atoms with Gasteiger partial charge < -0.3 is 5.32 Å². The summed E-state index contributed by atoms with van der Waals surface area (Å²) in [6.45, 7) is 3.41. The molecule has 0 spiro atoms. The van der Waals surface area contributed by atoms with Crippen LogP contribution in [-0.2, 0) is 5.41 Å². The first-order valence-electron chi connectivity index (χ1n) is 6.28. The summed E-state index contributed by atoms with van der Waals surface area (Å²) >= 11 is 12.3. The van der Waals surface area contributed by atoms with Crippen molar-refractivity contribution in [3.8, 4) is 0 Å². The van der Waals surface area contributed by atoms with Gasteiger partial charge in [0.05, 0.1) is 0 Å². The molecule has 1 nitrogen and oxygen atoms in total. The highest BCUT2D eigenvalue weighted by Gasteiger charge is 2.52. The lowest BCUT2D eigenvalue weighted by atomic mass is 9.95. The molecule has 2 fully saturated rings. The molecule has 1 aromatic carbocycles. The van der Waals surface area contributed by atoms with Gasteiger partial charge in [-0.2, -0.15) is 0 Å². The SMILES string of the molecule is CC1(c2cc(Cl)ccc2Cl)CC1CNC1CC1. The lowest BCUT2D eigenvalue weighted by Crippen LogP contribution is -2.22. The van der Waals surface area contributed by atoms with Gasteiger partial charge in [-0.1, -0.05) is 30.1 Å². The molecule has 3 heteroatoms. The van der Waals surface area contributed by atoms with Crippen LogP contribution < -0.4 is 5.32 Å². The number of hydrogen-bond acceptors (Lipinski definition) is 1. The fraction of sp³-hybridized carbons (Fsp3) is 0.571.